The lowest BCUT2D eigenvalue weighted by molar-refractivity contribution is -0.0506. The second kappa shape index (κ2) is 8.14. The van der Waals surface area contributed by atoms with Gasteiger partial charge in [0.15, 0.2) is 0 Å². The van der Waals surface area contributed by atoms with Gasteiger partial charge in [0.05, 0.1) is 0 Å². The van der Waals surface area contributed by atoms with E-state index in [9.17, 15) is 43.2 Å². The van der Waals surface area contributed by atoms with Crippen LogP contribution in [-0.4, -0.2) is 27.9 Å². The van der Waals surface area contributed by atoms with Gasteiger partial charge in [-0.1, -0.05) is 24.3 Å². The summed E-state index contributed by atoms with van der Waals surface area (Å²) in [5.41, 5.74) is -10.7. The van der Waals surface area contributed by atoms with Crippen LogP contribution >= 0.6 is 0 Å². The maximum atomic E-state index is 12.8. The zero-order valence-electron chi connectivity index (χ0n) is 15.8. The lowest BCUT2D eigenvalue weighted by Gasteiger charge is -2.19. The van der Waals surface area contributed by atoms with Crippen LogP contribution in [0.25, 0.3) is 0 Å². The van der Waals surface area contributed by atoms with Crippen molar-refractivity contribution in [3.63, 3.8) is 0 Å². The Balaban J connectivity index is 2.14. The number of alkyl halides is 6. The summed E-state index contributed by atoms with van der Waals surface area (Å²) in [6.07, 6.45) is -0.0590. The normalized spacial score (nSPS) is 15.2. The first kappa shape index (κ1) is 24.2. The number of hydrogen-bond donors (Lipinski definition) is 0. The van der Waals surface area contributed by atoms with E-state index < -0.39 is 42.8 Å². The molecule has 0 fully saturated rings. The SMILES string of the molecule is O=S(=O)(Oc1cc2c(OS(=O)(=O)C(F)(F)F)cc1CCc1ccc(cc1)CC2)C(F)(F)F. The Bertz CT molecular complexity index is 1120. The van der Waals surface area contributed by atoms with E-state index in [0.29, 0.717) is 11.1 Å². The molecular weight excluding hydrogens is 490 g/mol. The van der Waals surface area contributed by atoms with Crippen molar-refractivity contribution >= 4 is 20.2 Å². The van der Waals surface area contributed by atoms with Crippen molar-refractivity contribution in [2.45, 2.75) is 36.7 Å². The largest absolute Gasteiger partial charge is 0.534 e. The van der Waals surface area contributed by atoms with E-state index in [0.717, 1.165) is 12.1 Å². The summed E-state index contributed by atoms with van der Waals surface area (Å²) in [5, 5.41) is 0. The zero-order valence-corrected chi connectivity index (χ0v) is 17.5. The molecule has 0 atom stereocenters. The summed E-state index contributed by atoms with van der Waals surface area (Å²) in [6, 6.07) is 8.47. The third-order valence-corrected chi connectivity index (χ3v) is 6.53. The molecule has 0 spiro atoms. The van der Waals surface area contributed by atoms with Crippen molar-refractivity contribution in [1.82, 2.24) is 0 Å². The van der Waals surface area contributed by atoms with E-state index in [4.69, 9.17) is 0 Å². The van der Waals surface area contributed by atoms with E-state index in [2.05, 4.69) is 8.37 Å². The van der Waals surface area contributed by atoms with Crippen LogP contribution in [0.5, 0.6) is 11.5 Å². The Morgan fingerprint density at radius 2 is 0.906 bits per heavy atom. The number of halogens is 6. The highest BCUT2D eigenvalue weighted by atomic mass is 32.2. The van der Waals surface area contributed by atoms with E-state index in [1.54, 1.807) is 24.3 Å². The molecule has 0 saturated carbocycles. The first-order chi connectivity index (χ1) is 14.6. The van der Waals surface area contributed by atoms with Crippen molar-refractivity contribution < 1.29 is 51.5 Å². The summed E-state index contributed by atoms with van der Waals surface area (Å²) >= 11 is 0. The van der Waals surface area contributed by atoms with E-state index in [1.807, 2.05) is 0 Å². The molecule has 6 nitrogen and oxygen atoms in total. The summed E-state index contributed by atoms with van der Waals surface area (Å²) in [6.45, 7) is 0. The van der Waals surface area contributed by atoms with Crippen LogP contribution in [0.1, 0.15) is 22.3 Å². The van der Waals surface area contributed by atoms with E-state index >= 15 is 0 Å². The summed E-state index contributed by atoms with van der Waals surface area (Å²) in [5.74, 6) is -1.55. The number of aryl methyl sites for hydroxylation is 4. The fourth-order valence-electron chi connectivity index (χ4n) is 2.95. The van der Waals surface area contributed by atoms with Gasteiger partial charge in [0.2, 0.25) is 0 Å². The van der Waals surface area contributed by atoms with Gasteiger partial charge in [0.1, 0.15) is 11.5 Å². The number of rotatable bonds is 4. The van der Waals surface area contributed by atoms with Gasteiger partial charge in [-0.05, 0) is 60.1 Å². The standard InChI is InChI=1S/C18H14F6O6S2/c19-17(20,21)31(25,26)29-15-10-14-8-6-12-2-1-11(3-4-12)5-7-13(15)9-16(14)30-32(27,28)18(22,23)24/h1-4,9-10H,5-8H2. The van der Waals surface area contributed by atoms with Crippen LogP contribution in [0.3, 0.4) is 0 Å². The average Bonchev–Trinajstić information content (AvgIpc) is 2.63. The van der Waals surface area contributed by atoms with Gasteiger partial charge in [-0.15, -0.1) is 0 Å². The molecule has 4 aliphatic rings. The third-order valence-electron chi connectivity index (χ3n) is 4.60. The summed E-state index contributed by atoms with van der Waals surface area (Å²) in [4.78, 5) is 0. The zero-order chi connectivity index (χ0) is 23.9. The van der Waals surface area contributed by atoms with Gasteiger partial charge in [0, 0.05) is 0 Å². The topological polar surface area (TPSA) is 86.7 Å². The fourth-order valence-corrected chi connectivity index (χ4v) is 3.92. The smallest absolute Gasteiger partial charge is 0.376 e. The molecule has 32 heavy (non-hydrogen) atoms. The second-order valence-electron chi connectivity index (χ2n) is 6.85. The molecule has 176 valence electrons. The van der Waals surface area contributed by atoms with Crippen molar-refractivity contribution in [2.75, 3.05) is 0 Å². The Morgan fingerprint density at radius 3 is 1.19 bits per heavy atom. The molecular formula is C18H14F6O6S2. The van der Waals surface area contributed by atoms with Gasteiger partial charge in [0.25, 0.3) is 0 Å². The van der Waals surface area contributed by atoms with Crippen molar-refractivity contribution in [3.8, 4) is 11.5 Å². The first-order valence-corrected chi connectivity index (χ1v) is 11.7. The molecule has 2 aromatic carbocycles. The minimum absolute atomic E-state index is 0.146. The van der Waals surface area contributed by atoms with Gasteiger partial charge < -0.3 is 8.37 Å². The Kier molecular flexibility index (Phi) is 6.15. The van der Waals surface area contributed by atoms with Crippen molar-refractivity contribution in [2.24, 2.45) is 0 Å². The molecule has 0 unspecified atom stereocenters. The molecule has 2 aromatic rings. The monoisotopic (exact) mass is 504 g/mol. The Labute approximate surface area is 179 Å². The predicted molar refractivity (Wildman–Crippen MR) is 98.9 cm³/mol. The molecule has 0 N–H and O–H groups in total. The highest BCUT2D eigenvalue weighted by Gasteiger charge is 2.50. The first-order valence-electron chi connectivity index (χ1n) is 8.84. The average molecular weight is 504 g/mol. The van der Waals surface area contributed by atoms with E-state index in [-0.39, 0.29) is 36.8 Å². The van der Waals surface area contributed by atoms with Crippen LogP contribution in [0.2, 0.25) is 0 Å². The van der Waals surface area contributed by atoms with Gasteiger partial charge in [-0.2, -0.15) is 43.2 Å². The van der Waals surface area contributed by atoms with Gasteiger partial charge in [-0.25, -0.2) is 0 Å². The van der Waals surface area contributed by atoms with Crippen LogP contribution < -0.4 is 8.37 Å². The van der Waals surface area contributed by atoms with E-state index in [1.165, 1.54) is 0 Å². The summed E-state index contributed by atoms with van der Waals surface area (Å²) < 4.78 is 131. The van der Waals surface area contributed by atoms with Crippen LogP contribution in [0.15, 0.2) is 36.4 Å². The Morgan fingerprint density at radius 1 is 0.594 bits per heavy atom. The highest BCUT2D eigenvalue weighted by Crippen LogP contribution is 2.37. The maximum absolute atomic E-state index is 12.8. The second-order valence-corrected chi connectivity index (χ2v) is 9.93. The molecule has 14 heteroatoms. The van der Waals surface area contributed by atoms with Crippen LogP contribution in [0.4, 0.5) is 26.3 Å². The predicted octanol–water partition coefficient (Wildman–Crippen LogP) is 4.03. The van der Waals surface area contributed by atoms with Gasteiger partial charge >= 0.3 is 31.3 Å². The van der Waals surface area contributed by atoms with Crippen LogP contribution in [0, 0.1) is 0 Å². The minimum Gasteiger partial charge on any atom is -0.376 e. The molecule has 4 bridgehead atoms. The molecule has 0 heterocycles. The molecule has 6 rings (SSSR count). The highest BCUT2D eigenvalue weighted by molar-refractivity contribution is 7.88. The maximum Gasteiger partial charge on any atom is 0.534 e. The quantitative estimate of drug-likeness (QED) is 0.355. The lowest BCUT2D eigenvalue weighted by Crippen LogP contribution is -2.29. The molecule has 0 aromatic heterocycles. The lowest BCUT2D eigenvalue weighted by atomic mass is 9.95. The molecule has 0 saturated heterocycles. The molecule has 0 aliphatic heterocycles. The van der Waals surface area contributed by atoms with Crippen molar-refractivity contribution in [1.29, 1.82) is 0 Å². The number of hydrogen-bond acceptors (Lipinski definition) is 6. The fraction of sp³-hybridized carbons (Fsp3) is 0.333. The molecule has 0 radical (unpaired) electrons. The van der Waals surface area contributed by atoms with Crippen LogP contribution in [-0.2, 0) is 45.9 Å². The number of benzene rings is 2. The minimum atomic E-state index is -6.08. The van der Waals surface area contributed by atoms with Gasteiger partial charge in [-0.3, -0.25) is 0 Å². The Hall–Kier alpha value is -2.48. The third kappa shape index (κ3) is 5.11. The summed E-state index contributed by atoms with van der Waals surface area (Å²) in [7, 11) is -12.2. The molecule has 0 amide bonds. The van der Waals surface area contributed by atoms with Crippen molar-refractivity contribution in [3.05, 3.63) is 58.7 Å². The molecule has 4 aliphatic carbocycles.